The molecular weight excluding hydrogens is 1020 g/mol. The molecule has 6 nitrogen and oxygen atoms in total. The van der Waals surface area contributed by atoms with Crippen molar-refractivity contribution in [3.63, 3.8) is 0 Å². The summed E-state index contributed by atoms with van der Waals surface area (Å²) in [6.07, 6.45) is 94.6. The number of hydrogen-bond donors (Lipinski definition) is 0. The van der Waals surface area contributed by atoms with Crippen molar-refractivity contribution < 1.29 is 28.6 Å². The molecule has 0 amide bonds. The van der Waals surface area contributed by atoms with Crippen LogP contribution in [0.2, 0.25) is 0 Å². The number of ether oxygens (including phenoxy) is 3. The summed E-state index contributed by atoms with van der Waals surface area (Å²) < 4.78 is 17.0. The molecule has 0 radical (unpaired) electrons. The van der Waals surface area contributed by atoms with Crippen LogP contribution >= 0.6 is 0 Å². The van der Waals surface area contributed by atoms with Crippen molar-refractivity contribution in [1.29, 1.82) is 0 Å². The molecule has 0 aromatic heterocycles. The Hall–Kier alpha value is -3.41. The van der Waals surface area contributed by atoms with E-state index in [2.05, 4.69) is 106 Å². The largest absolute Gasteiger partial charge is 0.462 e. The Balaban J connectivity index is 4.38. The predicted molar refractivity (Wildman–Crippen MR) is 362 cm³/mol. The average Bonchev–Trinajstić information content (AvgIpc) is 3.49. The van der Waals surface area contributed by atoms with E-state index >= 15 is 0 Å². The smallest absolute Gasteiger partial charge is 0.306 e. The van der Waals surface area contributed by atoms with Gasteiger partial charge in [-0.1, -0.05) is 311 Å². The summed E-state index contributed by atoms with van der Waals surface area (Å²) in [6, 6.07) is 0. The molecule has 0 aliphatic rings. The van der Waals surface area contributed by atoms with Gasteiger partial charge < -0.3 is 14.2 Å². The van der Waals surface area contributed by atoms with Gasteiger partial charge >= 0.3 is 17.9 Å². The van der Waals surface area contributed by atoms with Crippen molar-refractivity contribution in [3.8, 4) is 0 Å². The SMILES string of the molecule is CCCCC/C=C\C/C=C\C/C=C\CCCCCCCCC(=O)OCC(COC(=O)CCCCCCCCCCCCCCC/C=C\CCCCCCCCCC)OC(=O)CCCCCCCC/C=C\C/C=C\C/C=C\CCCCCCC. The van der Waals surface area contributed by atoms with Crippen LogP contribution in [0.3, 0.4) is 0 Å². The Labute approximate surface area is 515 Å². The molecule has 83 heavy (non-hydrogen) atoms. The summed E-state index contributed by atoms with van der Waals surface area (Å²) in [5.74, 6) is -0.892. The number of allylic oxidation sites excluding steroid dienone is 14. The fourth-order valence-electron chi connectivity index (χ4n) is 10.4. The molecule has 0 N–H and O–H groups in total. The number of carbonyl (C=O) groups excluding carboxylic acids is 3. The van der Waals surface area contributed by atoms with E-state index < -0.39 is 6.10 Å². The normalized spacial score (nSPS) is 12.6. The first-order valence-electron chi connectivity index (χ1n) is 36.1. The van der Waals surface area contributed by atoms with Crippen LogP contribution in [0.5, 0.6) is 0 Å². The molecule has 0 heterocycles. The summed E-state index contributed by atoms with van der Waals surface area (Å²) in [4.78, 5) is 38.5. The minimum absolute atomic E-state index is 0.0846. The summed E-state index contributed by atoms with van der Waals surface area (Å²) in [5.41, 5.74) is 0. The summed E-state index contributed by atoms with van der Waals surface area (Å²) in [7, 11) is 0. The number of unbranched alkanes of at least 4 members (excludes halogenated alkanes) is 41. The highest BCUT2D eigenvalue weighted by Crippen LogP contribution is 2.17. The van der Waals surface area contributed by atoms with Gasteiger partial charge in [0.15, 0.2) is 6.10 Å². The van der Waals surface area contributed by atoms with Gasteiger partial charge in [-0.05, 0) is 122 Å². The number of hydrogen-bond acceptors (Lipinski definition) is 6. The van der Waals surface area contributed by atoms with Gasteiger partial charge in [0.25, 0.3) is 0 Å². The molecule has 0 saturated heterocycles. The van der Waals surface area contributed by atoms with E-state index in [0.29, 0.717) is 19.3 Å². The quantitative estimate of drug-likeness (QED) is 0.0261. The van der Waals surface area contributed by atoms with Crippen molar-refractivity contribution >= 4 is 17.9 Å². The standard InChI is InChI=1S/C77H136O6/c1-4-7-10-13-16-19-22-25-28-31-34-36-37-38-39-41-43-46-49-52-55-58-61-64-67-70-76(79)82-73-74(72-81-75(78)69-66-63-60-57-54-51-48-45-42-33-30-27-24-21-18-15-12-9-6-3)83-77(80)71-68-65-62-59-56-53-50-47-44-40-35-32-29-26-23-20-17-14-11-8-5-2/h18,21,23,26-27,30-32,34-35,42,44-45,47,74H,4-17,19-20,22,24-25,28-29,33,36-41,43,46,48-73H2,1-3H3/b21-18-,26-23-,30-27-,34-31-,35-32-,45-42-,47-44-. The Kier molecular flexibility index (Phi) is 68.2. The van der Waals surface area contributed by atoms with E-state index in [-0.39, 0.29) is 31.1 Å². The first-order valence-corrected chi connectivity index (χ1v) is 36.1. The Morgan fingerprint density at radius 3 is 0.711 bits per heavy atom. The Bertz CT molecular complexity index is 1570. The van der Waals surface area contributed by atoms with E-state index in [9.17, 15) is 14.4 Å². The van der Waals surface area contributed by atoms with Gasteiger partial charge in [-0.3, -0.25) is 14.4 Å². The molecule has 0 aromatic rings. The van der Waals surface area contributed by atoms with Gasteiger partial charge in [0.05, 0.1) is 0 Å². The molecule has 0 saturated carbocycles. The molecule has 1 atom stereocenters. The fraction of sp³-hybridized carbons (Fsp3) is 0.779. The number of esters is 3. The zero-order valence-corrected chi connectivity index (χ0v) is 55.2. The fourth-order valence-corrected chi connectivity index (χ4v) is 10.4. The molecule has 1 unspecified atom stereocenters. The number of carbonyl (C=O) groups is 3. The van der Waals surface area contributed by atoms with Crippen LogP contribution in [0.15, 0.2) is 85.1 Å². The molecule has 0 aliphatic heterocycles. The van der Waals surface area contributed by atoms with Gasteiger partial charge in [-0.15, -0.1) is 0 Å². The third kappa shape index (κ3) is 69.3. The molecule has 0 bridgehead atoms. The predicted octanol–water partition coefficient (Wildman–Crippen LogP) is 25.0. The van der Waals surface area contributed by atoms with Gasteiger partial charge in [-0.25, -0.2) is 0 Å². The third-order valence-corrected chi connectivity index (χ3v) is 15.8. The summed E-state index contributed by atoms with van der Waals surface area (Å²) >= 11 is 0. The van der Waals surface area contributed by atoms with E-state index in [0.717, 1.165) is 103 Å². The number of rotatable bonds is 66. The van der Waals surface area contributed by atoms with Gasteiger partial charge in [-0.2, -0.15) is 0 Å². The molecule has 0 rings (SSSR count). The van der Waals surface area contributed by atoms with E-state index in [4.69, 9.17) is 14.2 Å². The van der Waals surface area contributed by atoms with Crippen molar-refractivity contribution in [2.45, 2.75) is 374 Å². The van der Waals surface area contributed by atoms with Crippen LogP contribution in [0, 0.1) is 0 Å². The van der Waals surface area contributed by atoms with E-state index in [1.165, 1.54) is 225 Å². The van der Waals surface area contributed by atoms with Crippen molar-refractivity contribution in [3.05, 3.63) is 85.1 Å². The minimum Gasteiger partial charge on any atom is -0.462 e. The second-order valence-corrected chi connectivity index (χ2v) is 24.1. The van der Waals surface area contributed by atoms with Crippen LogP contribution in [0.4, 0.5) is 0 Å². The van der Waals surface area contributed by atoms with Crippen molar-refractivity contribution in [2.24, 2.45) is 0 Å². The lowest BCUT2D eigenvalue weighted by Crippen LogP contribution is -2.30. The maximum Gasteiger partial charge on any atom is 0.306 e. The summed E-state index contributed by atoms with van der Waals surface area (Å²) in [6.45, 7) is 6.63. The second kappa shape index (κ2) is 71.1. The molecule has 480 valence electrons. The van der Waals surface area contributed by atoms with Gasteiger partial charge in [0.1, 0.15) is 13.2 Å². The first kappa shape index (κ1) is 79.6. The van der Waals surface area contributed by atoms with Crippen molar-refractivity contribution in [1.82, 2.24) is 0 Å². The van der Waals surface area contributed by atoms with Crippen LogP contribution in [-0.2, 0) is 28.6 Å². The van der Waals surface area contributed by atoms with Crippen molar-refractivity contribution in [2.75, 3.05) is 13.2 Å². The molecular formula is C77H136O6. The van der Waals surface area contributed by atoms with Crippen LogP contribution in [0.1, 0.15) is 367 Å². The molecule has 0 aliphatic carbocycles. The monoisotopic (exact) mass is 1160 g/mol. The molecule has 0 fully saturated rings. The van der Waals surface area contributed by atoms with Crippen LogP contribution in [0.25, 0.3) is 0 Å². The van der Waals surface area contributed by atoms with Gasteiger partial charge in [0.2, 0.25) is 0 Å². The first-order chi connectivity index (χ1) is 41.0. The zero-order valence-electron chi connectivity index (χ0n) is 55.2. The highest BCUT2D eigenvalue weighted by atomic mass is 16.6. The Morgan fingerprint density at radius 2 is 0.434 bits per heavy atom. The topological polar surface area (TPSA) is 78.9 Å². The lowest BCUT2D eigenvalue weighted by atomic mass is 10.0. The lowest BCUT2D eigenvalue weighted by molar-refractivity contribution is -0.167. The van der Waals surface area contributed by atoms with E-state index in [1.807, 2.05) is 0 Å². The zero-order chi connectivity index (χ0) is 59.9. The third-order valence-electron chi connectivity index (χ3n) is 15.8. The van der Waals surface area contributed by atoms with Crippen LogP contribution in [-0.4, -0.2) is 37.2 Å². The van der Waals surface area contributed by atoms with Gasteiger partial charge in [0, 0.05) is 19.3 Å². The highest BCUT2D eigenvalue weighted by Gasteiger charge is 2.19. The highest BCUT2D eigenvalue weighted by molar-refractivity contribution is 5.71. The van der Waals surface area contributed by atoms with Crippen LogP contribution < -0.4 is 0 Å². The Morgan fingerprint density at radius 1 is 0.241 bits per heavy atom. The van der Waals surface area contributed by atoms with E-state index in [1.54, 1.807) is 0 Å². The second-order valence-electron chi connectivity index (χ2n) is 24.1. The molecule has 0 aromatic carbocycles. The maximum atomic E-state index is 13.0. The lowest BCUT2D eigenvalue weighted by Gasteiger charge is -2.18. The minimum atomic E-state index is -0.792. The molecule has 6 heteroatoms. The maximum absolute atomic E-state index is 13.0. The summed E-state index contributed by atoms with van der Waals surface area (Å²) in [5, 5.41) is 0. The molecule has 0 spiro atoms. The average molecular weight is 1160 g/mol.